The monoisotopic (exact) mass is 1140 g/mol. The summed E-state index contributed by atoms with van der Waals surface area (Å²) in [7, 11) is 0. The van der Waals surface area contributed by atoms with Gasteiger partial charge >= 0.3 is 49.4 Å². The van der Waals surface area contributed by atoms with Gasteiger partial charge in [0, 0.05) is 21.5 Å². The van der Waals surface area contributed by atoms with Crippen molar-refractivity contribution in [3.05, 3.63) is 176 Å². The van der Waals surface area contributed by atoms with Gasteiger partial charge < -0.3 is 0 Å². The minimum Gasteiger partial charge on any atom is -0.287 e. The molecule has 3 nitrogen and oxygen atoms in total. The van der Waals surface area contributed by atoms with Crippen molar-refractivity contribution in [3.63, 3.8) is 0 Å². The average Bonchev–Trinajstić information content (AvgIpc) is 3.25. The Labute approximate surface area is 401 Å². The summed E-state index contributed by atoms with van der Waals surface area (Å²) in [6.07, 6.45) is -49.7. The lowest BCUT2D eigenvalue weighted by Crippen LogP contribution is -2.75. The Morgan fingerprint density at radius 3 is 0.877 bits per heavy atom. The van der Waals surface area contributed by atoms with Crippen molar-refractivity contribution >= 4 is 49.7 Å². The third-order valence-corrected chi connectivity index (χ3v) is 11.3. The molecule has 0 spiro atoms. The highest BCUT2D eigenvalue weighted by atomic mass is 79.9. The number of alkyl halides is 24. The normalized spacial score (nSPS) is 13.4. The molecular formula is C44H22BBrF24N2O. The number of carbonyl (C=O) groups excluding carboxylic acids is 1. The van der Waals surface area contributed by atoms with Crippen LogP contribution in [0.15, 0.2) is 126 Å². The Bertz CT molecular complexity index is 2530. The van der Waals surface area contributed by atoms with Crippen molar-refractivity contribution in [2.45, 2.75) is 56.0 Å². The summed E-state index contributed by atoms with van der Waals surface area (Å²) in [6.45, 7) is 0.313. The van der Waals surface area contributed by atoms with Gasteiger partial charge in [0.05, 0.1) is 50.7 Å². The molecule has 0 unspecified atom stereocenters. The highest BCUT2D eigenvalue weighted by Crippen LogP contribution is 2.41. The van der Waals surface area contributed by atoms with Crippen LogP contribution in [0.5, 0.6) is 0 Å². The predicted octanol–water partition coefficient (Wildman–Crippen LogP) is 13.2. The van der Waals surface area contributed by atoms with Crippen LogP contribution in [0, 0.1) is 0 Å². The number of ketones is 1. The number of aromatic nitrogens is 2. The summed E-state index contributed by atoms with van der Waals surface area (Å²) >= 11 is 3.35. The zero-order valence-electron chi connectivity index (χ0n) is 35.1. The fourth-order valence-electron chi connectivity index (χ4n) is 7.44. The van der Waals surface area contributed by atoms with E-state index < -0.39 is 195 Å². The molecule has 0 radical (unpaired) electrons. The van der Waals surface area contributed by atoms with Crippen LogP contribution in [0.2, 0.25) is 0 Å². The molecule has 1 heterocycles. The summed E-state index contributed by atoms with van der Waals surface area (Å²) in [6, 6.07) is 0.441. The SMILES string of the molecule is FC(F)(F)c1cc([B-](c2cc(C(F)(F)F)cc(C(F)(F)F)c2)(c2cc(C(F)(F)F)cc(C(F)(F)F)c2)c2cc(C(F)(F)F)cc(C(F)(F)F)c2)cc(C(F)(F)F)c1.O=C(C[n+]1ccncc1Br)c1ccccc1. The molecule has 0 saturated heterocycles. The zero-order chi connectivity index (χ0) is 55.3. The standard InChI is InChI=1S/C32H12BF24.C12H10BrN2O/c34-25(35,36)13-1-14(26(37,38)39)6-21(5-13)33(22-7-15(27(40,41)42)2-16(8-22)28(43,44)45,23-9-17(29(46,47)48)3-18(10-23)30(49,50)51)24-11-19(31(52,53)54)4-20(12-24)32(55,56)57;13-12-8-14-6-7-15(12)9-11(16)10-4-2-1-3-5-10/h1-12H;1-8H,9H2/q-1;+1. The summed E-state index contributed by atoms with van der Waals surface area (Å²) in [5, 5.41) is 0. The van der Waals surface area contributed by atoms with Crippen LogP contribution in [-0.2, 0) is 56.0 Å². The van der Waals surface area contributed by atoms with Crippen LogP contribution in [0.4, 0.5) is 105 Å². The lowest BCUT2D eigenvalue weighted by molar-refractivity contribution is -0.694. The maximum Gasteiger partial charge on any atom is 0.416 e. The molecule has 0 aliphatic heterocycles. The predicted molar refractivity (Wildman–Crippen MR) is 213 cm³/mol. The minimum atomic E-state index is -6.13. The third-order valence-electron chi connectivity index (χ3n) is 10.6. The molecule has 0 aliphatic carbocycles. The number of rotatable bonds is 7. The van der Waals surface area contributed by atoms with Gasteiger partial charge in [-0.05, 0) is 24.3 Å². The molecule has 29 heteroatoms. The fraction of sp³-hybridized carbons (Fsp3) is 0.205. The zero-order valence-corrected chi connectivity index (χ0v) is 36.7. The van der Waals surface area contributed by atoms with Crippen LogP contribution in [0.1, 0.15) is 54.9 Å². The molecule has 6 aromatic rings. The Morgan fingerprint density at radius 2 is 0.658 bits per heavy atom. The number of carbonyl (C=O) groups is 1. The average molecular weight is 1140 g/mol. The first-order chi connectivity index (χ1) is 33.0. The molecule has 73 heavy (non-hydrogen) atoms. The molecule has 0 atom stereocenters. The van der Waals surface area contributed by atoms with Gasteiger partial charge in [-0.25, -0.2) is 0 Å². The number of halogens is 25. The highest BCUT2D eigenvalue weighted by Gasteiger charge is 2.47. The Morgan fingerprint density at radius 1 is 0.411 bits per heavy atom. The molecule has 0 amide bonds. The Hall–Kier alpha value is -6.29. The van der Waals surface area contributed by atoms with Gasteiger partial charge in [0.1, 0.15) is 12.3 Å². The van der Waals surface area contributed by atoms with Crippen LogP contribution >= 0.6 is 15.9 Å². The van der Waals surface area contributed by atoms with Crippen LogP contribution < -0.4 is 26.4 Å². The van der Waals surface area contributed by atoms with Crippen molar-refractivity contribution in [3.8, 4) is 0 Å². The molecule has 0 N–H and O–H groups in total. The minimum absolute atomic E-state index is 0.0810. The van der Waals surface area contributed by atoms with E-state index in [0.29, 0.717) is 6.54 Å². The van der Waals surface area contributed by atoms with Gasteiger partial charge in [-0.3, -0.25) is 9.78 Å². The maximum absolute atomic E-state index is 14.2. The number of nitrogens with zero attached hydrogens (tertiary/aromatic N) is 2. The van der Waals surface area contributed by atoms with Gasteiger partial charge in [-0.1, -0.05) is 78.9 Å². The highest BCUT2D eigenvalue weighted by molar-refractivity contribution is 9.10. The fourth-order valence-corrected chi connectivity index (χ4v) is 7.80. The molecule has 6 rings (SSSR count). The van der Waals surface area contributed by atoms with Crippen molar-refractivity contribution in [1.82, 2.24) is 4.98 Å². The first-order valence-corrected chi connectivity index (χ1v) is 20.3. The van der Waals surface area contributed by atoms with E-state index in [1.165, 1.54) is 0 Å². The van der Waals surface area contributed by atoms with E-state index in [4.69, 9.17) is 0 Å². The molecule has 0 saturated carbocycles. The quantitative estimate of drug-likeness (QED) is 0.0691. The second kappa shape index (κ2) is 19.9. The van der Waals surface area contributed by atoms with Crippen LogP contribution in [0.3, 0.4) is 0 Å². The molecule has 1 aromatic heterocycles. The Balaban J connectivity index is 0.000000520. The lowest BCUT2D eigenvalue weighted by Gasteiger charge is -2.46. The van der Waals surface area contributed by atoms with E-state index in [9.17, 15) is 110 Å². The van der Waals surface area contributed by atoms with E-state index >= 15 is 0 Å². The van der Waals surface area contributed by atoms with Crippen molar-refractivity contribution < 1.29 is 115 Å². The first-order valence-electron chi connectivity index (χ1n) is 19.5. The first kappa shape index (κ1) is 57.6. The van der Waals surface area contributed by atoms with Gasteiger partial charge in [0.15, 0.2) is 6.20 Å². The Kier molecular flexibility index (Phi) is 15.7. The summed E-state index contributed by atoms with van der Waals surface area (Å²) in [5.74, 6) is 0.0810. The lowest BCUT2D eigenvalue weighted by atomic mass is 9.12. The second-order valence-electron chi connectivity index (χ2n) is 15.5. The molecule has 0 fully saturated rings. The van der Waals surface area contributed by atoms with E-state index in [2.05, 4.69) is 20.9 Å². The van der Waals surface area contributed by atoms with E-state index in [-0.39, 0.29) is 5.78 Å². The summed E-state index contributed by atoms with van der Waals surface area (Å²) < 4.78 is 343. The summed E-state index contributed by atoms with van der Waals surface area (Å²) in [5.41, 5.74) is -29.5. The number of hydrogen-bond acceptors (Lipinski definition) is 2. The molecule has 0 aliphatic rings. The molecular weight excluding hydrogens is 1120 g/mol. The van der Waals surface area contributed by atoms with Gasteiger partial charge in [0.25, 0.3) is 4.60 Å². The molecule has 5 aromatic carbocycles. The molecule has 392 valence electrons. The van der Waals surface area contributed by atoms with Gasteiger partial charge in [-0.15, -0.1) is 0 Å². The van der Waals surface area contributed by atoms with Crippen molar-refractivity contribution in [2.75, 3.05) is 0 Å². The topological polar surface area (TPSA) is 33.8 Å². The van der Waals surface area contributed by atoms with Gasteiger partial charge in [-0.2, -0.15) is 132 Å². The van der Waals surface area contributed by atoms with E-state index in [0.717, 1.165) is 10.2 Å². The van der Waals surface area contributed by atoms with E-state index in [1.54, 1.807) is 18.6 Å². The summed E-state index contributed by atoms with van der Waals surface area (Å²) in [4.78, 5) is 15.9. The maximum atomic E-state index is 14.2. The van der Waals surface area contributed by atoms with Crippen LogP contribution in [0.25, 0.3) is 0 Å². The van der Waals surface area contributed by atoms with Gasteiger partial charge in [0.2, 0.25) is 12.3 Å². The van der Waals surface area contributed by atoms with Crippen molar-refractivity contribution in [1.29, 1.82) is 0 Å². The number of benzene rings is 5. The largest absolute Gasteiger partial charge is 0.416 e. The number of hydrogen-bond donors (Lipinski definition) is 0. The smallest absolute Gasteiger partial charge is 0.287 e. The van der Waals surface area contributed by atoms with Crippen LogP contribution in [-0.4, -0.2) is 16.9 Å². The second-order valence-corrected chi connectivity index (χ2v) is 16.4. The van der Waals surface area contributed by atoms with E-state index in [1.807, 2.05) is 34.9 Å². The third kappa shape index (κ3) is 13.5. The number of Topliss-reactive ketones (excluding diaryl/α,β-unsaturated/α-hetero) is 1. The molecule has 0 bridgehead atoms. The van der Waals surface area contributed by atoms with Crippen molar-refractivity contribution in [2.24, 2.45) is 0 Å².